The summed E-state index contributed by atoms with van der Waals surface area (Å²) in [7, 11) is 0. The molecule has 2 fully saturated rings. The number of hydrogen-bond donors (Lipinski definition) is 2. The van der Waals surface area contributed by atoms with Crippen LogP contribution in [0, 0.1) is 5.92 Å². The van der Waals surface area contributed by atoms with Crippen molar-refractivity contribution < 1.29 is 23.9 Å². The second-order valence-electron chi connectivity index (χ2n) is 8.75. The van der Waals surface area contributed by atoms with E-state index in [0.717, 1.165) is 12.8 Å². The Balaban J connectivity index is 2.01. The van der Waals surface area contributed by atoms with Crippen molar-refractivity contribution >= 4 is 18.0 Å². The Labute approximate surface area is 167 Å². The predicted octanol–water partition coefficient (Wildman–Crippen LogP) is 1.95. The standard InChI is InChI=1S/C20H35N3O5/c1-5-27-17(24)9-6-13-12-14(22-19(26)28-20(2,3)4)7-8-16(13)23-11-10-15(21)18(23)25/h13-16H,5-12,21H2,1-4H3,(H,22,26)/t13?,14-,15?,16+/m1/s1. The summed E-state index contributed by atoms with van der Waals surface area (Å²) in [5.74, 6) is -0.134. The lowest BCUT2D eigenvalue weighted by Gasteiger charge is -2.41. The van der Waals surface area contributed by atoms with Crippen LogP contribution >= 0.6 is 0 Å². The predicted molar refractivity (Wildman–Crippen MR) is 104 cm³/mol. The molecule has 1 aliphatic heterocycles. The number of nitrogens with zero attached hydrogens (tertiary/aromatic N) is 1. The minimum absolute atomic E-state index is 0.00955. The Bertz CT molecular complexity index is 575. The Hall–Kier alpha value is -1.83. The highest BCUT2D eigenvalue weighted by molar-refractivity contribution is 5.84. The number of carbonyl (C=O) groups excluding carboxylic acids is 3. The highest BCUT2D eigenvalue weighted by atomic mass is 16.6. The molecule has 2 amide bonds. The molecule has 0 aromatic carbocycles. The summed E-state index contributed by atoms with van der Waals surface area (Å²) in [6.45, 7) is 8.28. The first-order valence-corrected chi connectivity index (χ1v) is 10.3. The Morgan fingerprint density at radius 1 is 1.25 bits per heavy atom. The first kappa shape index (κ1) is 22.5. The number of hydrogen-bond acceptors (Lipinski definition) is 6. The van der Waals surface area contributed by atoms with Crippen molar-refractivity contribution in [3.63, 3.8) is 0 Å². The molecule has 4 atom stereocenters. The van der Waals surface area contributed by atoms with Gasteiger partial charge in [-0.05, 0) is 65.7 Å². The molecular formula is C20H35N3O5. The minimum Gasteiger partial charge on any atom is -0.466 e. The molecule has 1 saturated carbocycles. The van der Waals surface area contributed by atoms with Crippen molar-refractivity contribution in [2.75, 3.05) is 13.2 Å². The number of carbonyl (C=O) groups is 3. The highest BCUT2D eigenvalue weighted by Crippen LogP contribution is 2.34. The second-order valence-corrected chi connectivity index (χ2v) is 8.75. The van der Waals surface area contributed by atoms with E-state index in [0.29, 0.717) is 38.8 Å². The zero-order chi connectivity index (χ0) is 20.9. The lowest BCUT2D eigenvalue weighted by Crippen LogP contribution is -2.51. The van der Waals surface area contributed by atoms with Crippen LogP contribution in [-0.4, -0.2) is 59.7 Å². The SMILES string of the molecule is CCOC(=O)CCC1C[C@H](NC(=O)OC(C)(C)C)CC[C@@H]1N1CCC(N)C1=O. The smallest absolute Gasteiger partial charge is 0.407 e. The first-order valence-electron chi connectivity index (χ1n) is 10.3. The summed E-state index contributed by atoms with van der Waals surface area (Å²) in [5.41, 5.74) is 5.34. The average Bonchev–Trinajstić information content (AvgIpc) is 2.91. The van der Waals surface area contributed by atoms with Gasteiger partial charge in [0.25, 0.3) is 0 Å². The largest absolute Gasteiger partial charge is 0.466 e. The molecule has 0 bridgehead atoms. The minimum atomic E-state index is -0.553. The number of ether oxygens (including phenoxy) is 2. The number of nitrogens with two attached hydrogens (primary N) is 1. The Morgan fingerprint density at radius 3 is 2.54 bits per heavy atom. The molecule has 0 aromatic heterocycles. The van der Waals surface area contributed by atoms with Gasteiger partial charge in [0.2, 0.25) is 5.91 Å². The summed E-state index contributed by atoms with van der Waals surface area (Å²) in [4.78, 5) is 38.3. The van der Waals surface area contributed by atoms with Crippen LogP contribution in [0.4, 0.5) is 4.79 Å². The Kier molecular flexibility index (Phi) is 7.69. The van der Waals surface area contributed by atoms with Gasteiger partial charge in [0.05, 0.1) is 12.6 Å². The second kappa shape index (κ2) is 9.58. The average molecular weight is 398 g/mol. The van der Waals surface area contributed by atoms with E-state index < -0.39 is 17.7 Å². The van der Waals surface area contributed by atoms with Crippen molar-refractivity contribution in [1.29, 1.82) is 0 Å². The molecule has 2 unspecified atom stereocenters. The van der Waals surface area contributed by atoms with Crippen molar-refractivity contribution in [2.45, 2.75) is 89.9 Å². The van der Waals surface area contributed by atoms with Gasteiger partial charge in [-0.15, -0.1) is 0 Å². The van der Waals surface area contributed by atoms with E-state index in [4.69, 9.17) is 15.2 Å². The van der Waals surface area contributed by atoms with Crippen LogP contribution in [0.2, 0.25) is 0 Å². The van der Waals surface area contributed by atoms with Gasteiger partial charge in [0.15, 0.2) is 0 Å². The zero-order valence-electron chi connectivity index (χ0n) is 17.5. The van der Waals surface area contributed by atoms with Gasteiger partial charge in [-0.25, -0.2) is 4.79 Å². The van der Waals surface area contributed by atoms with Gasteiger partial charge in [0.1, 0.15) is 5.60 Å². The number of nitrogens with one attached hydrogen (secondary N) is 1. The van der Waals surface area contributed by atoms with Crippen molar-refractivity contribution in [3.8, 4) is 0 Å². The van der Waals surface area contributed by atoms with Gasteiger partial charge in [0, 0.05) is 25.0 Å². The quantitative estimate of drug-likeness (QED) is 0.663. The van der Waals surface area contributed by atoms with E-state index in [9.17, 15) is 14.4 Å². The van der Waals surface area contributed by atoms with Gasteiger partial charge < -0.3 is 25.4 Å². The molecule has 2 aliphatic rings. The third-order valence-corrected chi connectivity index (χ3v) is 5.37. The zero-order valence-corrected chi connectivity index (χ0v) is 17.5. The lowest BCUT2D eigenvalue weighted by molar-refractivity contribution is -0.143. The van der Waals surface area contributed by atoms with Gasteiger partial charge >= 0.3 is 12.1 Å². The topological polar surface area (TPSA) is 111 Å². The monoisotopic (exact) mass is 397 g/mol. The summed E-state index contributed by atoms with van der Waals surface area (Å²) >= 11 is 0. The normalized spacial score (nSPS) is 28.2. The molecule has 0 aromatic rings. The summed E-state index contributed by atoms with van der Waals surface area (Å²) in [6, 6.07) is -0.417. The molecule has 28 heavy (non-hydrogen) atoms. The summed E-state index contributed by atoms with van der Waals surface area (Å²) in [6.07, 6.45) is 3.39. The van der Waals surface area contributed by atoms with Crippen LogP contribution < -0.4 is 11.1 Å². The number of esters is 1. The molecule has 1 aliphatic carbocycles. The third-order valence-electron chi connectivity index (χ3n) is 5.37. The maximum atomic E-state index is 12.4. The van der Waals surface area contributed by atoms with Crippen LogP contribution in [0.5, 0.6) is 0 Å². The van der Waals surface area contributed by atoms with Crippen molar-refractivity contribution in [2.24, 2.45) is 11.7 Å². The summed E-state index contributed by atoms with van der Waals surface area (Å²) in [5, 5.41) is 2.94. The number of likely N-dealkylation sites (tertiary alicyclic amines) is 1. The Morgan fingerprint density at radius 2 is 1.96 bits per heavy atom. The van der Waals surface area contributed by atoms with Crippen LogP contribution in [0.1, 0.15) is 66.2 Å². The van der Waals surface area contributed by atoms with Gasteiger partial charge in [-0.2, -0.15) is 0 Å². The fourth-order valence-electron chi connectivity index (χ4n) is 4.16. The lowest BCUT2D eigenvalue weighted by atomic mass is 9.78. The fraction of sp³-hybridized carbons (Fsp3) is 0.850. The maximum Gasteiger partial charge on any atom is 0.407 e. The summed E-state index contributed by atoms with van der Waals surface area (Å²) < 4.78 is 10.4. The first-order chi connectivity index (χ1) is 13.1. The van der Waals surface area contributed by atoms with Crippen molar-refractivity contribution in [3.05, 3.63) is 0 Å². The van der Waals surface area contributed by atoms with Crippen LogP contribution in [0.15, 0.2) is 0 Å². The molecule has 1 heterocycles. The molecular weight excluding hydrogens is 362 g/mol. The van der Waals surface area contributed by atoms with Gasteiger partial charge in [-0.1, -0.05) is 0 Å². The van der Waals surface area contributed by atoms with Crippen LogP contribution in [0.3, 0.4) is 0 Å². The van der Waals surface area contributed by atoms with Crippen LogP contribution in [0.25, 0.3) is 0 Å². The van der Waals surface area contributed by atoms with E-state index in [-0.39, 0.29) is 29.9 Å². The number of alkyl carbamates (subject to hydrolysis) is 1. The molecule has 2 rings (SSSR count). The molecule has 1 saturated heterocycles. The molecule has 0 radical (unpaired) electrons. The molecule has 8 heteroatoms. The van der Waals surface area contributed by atoms with E-state index in [2.05, 4.69) is 5.32 Å². The van der Waals surface area contributed by atoms with E-state index in [1.54, 1.807) is 6.92 Å². The van der Waals surface area contributed by atoms with Crippen LogP contribution in [-0.2, 0) is 19.1 Å². The van der Waals surface area contributed by atoms with E-state index in [1.165, 1.54) is 0 Å². The molecule has 8 nitrogen and oxygen atoms in total. The molecule has 160 valence electrons. The molecule has 3 N–H and O–H groups in total. The third kappa shape index (κ3) is 6.36. The maximum absolute atomic E-state index is 12.4. The number of rotatable bonds is 6. The van der Waals surface area contributed by atoms with E-state index in [1.807, 2.05) is 25.7 Å². The molecule has 0 spiro atoms. The van der Waals surface area contributed by atoms with Gasteiger partial charge in [-0.3, -0.25) is 9.59 Å². The fourth-order valence-corrected chi connectivity index (χ4v) is 4.16. The number of amides is 2. The van der Waals surface area contributed by atoms with E-state index >= 15 is 0 Å². The highest BCUT2D eigenvalue weighted by Gasteiger charge is 2.41. The van der Waals surface area contributed by atoms with Crippen molar-refractivity contribution in [1.82, 2.24) is 10.2 Å².